The summed E-state index contributed by atoms with van der Waals surface area (Å²) in [5, 5.41) is 0. The Balaban J connectivity index is 1.31. The molecule has 5 rings (SSSR count). The average molecular weight is 455 g/mol. The monoisotopic (exact) mass is 454 g/mol. The van der Waals surface area contributed by atoms with E-state index in [1.54, 1.807) is 23.7 Å². The van der Waals surface area contributed by atoms with Gasteiger partial charge in [0.1, 0.15) is 0 Å². The molecule has 0 saturated carbocycles. The molecule has 7 heteroatoms. The van der Waals surface area contributed by atoms with Gasteiger partial charge in [-0.25, -0.2) is 9.97 Å². The average Bonchev–Trinajstić information content (AvgIpc) is 3.19. The third kappa shape index (κ3) is 3.22. The molecule has 2 aliphatic rings. The van der Waals surface area contributed by atoms with Crippen LogP contribution in [0.4, 0.5) is 5.95 Å². The van der Waals surface area contributed by atoms with Gasteiger partial charge in [-0.05, 0) is 51.5 Å². The van der Waals surface area contributed by atoms with Crippen LogP contribution < -0.4 is 4.90 Å². The minimum Gasteiger partial charge on any atom is -0.337 e. The van der Waals surface area contributed by atoms with Crippen molar-refractivity contribution in [1.29, 1.82) is 0 Å². The molecule has 1 amide bonds. The Bertz CT molecular complexity index is 1030. The van der Waals surface area contributed by atoms with Gasteiger partial charge in [-0.1, -0.05) is 24.3 Å². The van der Waals surface area contributed by atoms with E-state index in [1.807, 2.05) is 4.90 Å². The van der Waals surface area contributed by atoms with Crippen LogP contribution in [0, 0.1) is 0 Å². The van der Waals surface area contributed by atoms with Crippen molar-refractivity contribution in [1.82, 2.24) is 14.9 Å². The Kier molecular flexibility index (Phi) is 4.64. The molecule has 0 radical (unpaired) electrons. The van der Waals surface area contributed by atoms with Crippen LogP contribution in [0.1, 0.15) is 20.8 Å². The van der Waals surface area contributed by atoms with E-state index in [0.717, 1.165) is 41.2 Å². The van der Waals surface area contributed by atoms with Crippen molar-refractivity contribution in [2.45, 2.75) is 12.8 Å². The van der Waals surface area contributed by atoms with E-state index in [2.05, 4.69) is 61.1 Å². The first-order valence-electron chi connectivity index (χ1n) is 9.42. The first-order chi connectivity index (χ1) is 13.7. The zero-order chi connectivity index (χ0) is 19.1. The molecule has 1 fully saturated rings. The molecular weight excluding hydrogens is 436 g/mol. The van der Waals surface area contributed by atoms with Gasteiger partial charge < -0.3 is 9.80 Å². The highest BCUT2D eigenvalue weighted by Crippen LogP contribution is 2.39. The van der Waals surface area contributed by atoms with Crippen LogP contribution in [0.15, 0.2) is 47.2 Å². The van der Waals surface area contributed by atoms with Gasteiger partial charge in [0.25, 0.3) is 5.91 Å². The number of amides is 1. The molecule has 3 aromatic rings. The zero-order valence-corrected chi connectivity index (χ0v) is 17.7. The second-order valence-corrected chi connectivity index (χ2v) is 9.07. The number of thiophene rings is 1. The first kappa shape index (κ1) is 17.8. The van der Waals surface area contributed by atoms with Crippen molar-refractivity contribution < 1.29 is 4.79 Å². The number of anilines is 1. The summed E-state index contributed by atoms with van der Waals surface area (Å²) in [6.45, 7) is 2.89. The van der Waals surface area contributed by atoms with Gasteiger partial charge >= 0.3 is 0 Å². The summed E-state index contributed by atoms with van der Waals surface area (Å²) < 4.78 is 0.869. The number of carbonyl (C=O) groups is 1. The fraction of sp³-hybridized carbons (Fsp3) is 0.286. The summed E-state index contributed by atoms with van der Waals surface area (Å²) in [7, 11) is 0. The minimum atomic E-state index is 0.147. The van der Waals surface area contributed by atoms with Crippen LogP contribution in [0.2, 0.25) is 0 Å². The van der Waals surface area contributed by atoms with E-state index >= 15 is 0 Å². The standard InChI is InChI=1S/C21H19BrN4OS/c22-16-12-23-21(24-13-16)26-9-7-25(8-10-26)20(27)18-11-15-6-5-14-3-1-2-4-17(14)19(15)28-18/h1-4,11-13H,5-10H2. The number of hydrogen-bond donors (Lipinski definition) is 0. The van der Waals surface area contributed by atoms with Crippen molar-refractivity contribution in [2.24, 2.45) is 0 Å². The maximum Gasteiger partial charge on any atom is 0.264 e. The number of hydrogen-bond acceptors (Lipinski definition) is 5. The number of fused-ring (bicyclic) bond motifs is 3. The molecule has 2 aromatic heterocycles. The quantitative estimate of drug-likeness (QED) is 0.586. The second kappa shape index (κ2) is 7.29. The van der Waals surface area contributed by atoms with Gasteiger partial charge in [0, 0.05) is 43.4 Å². The third-order valence-corrected chi connectivity index (χ3v) is 7.01. The molecule has 1 aliphatic carbocycles. The Hall–Kier alpha value is -2.25. The van der Waals surface area contributed by atoms with Crippen LogP contribution in [-0.2, 0) is 12.8 Å². The Labute approximate surface area is 176 Å². The highest BCUT2D eigenvalue weighted by Gasteiger charge is 2.27. The van der Waals surface area contributed by atoms with Crippen LogP contribution in [0.3, 0.4) is 0 Å². The van der Waals surface area contributed by atoms with Gasteiger partial charge in [-0.15, -0.1) is 11.3 Å². The number of aryl methyl sites for hydroxylation is 2. The number of nitrogens with zero attached hydrogens (tertiary/aromatic N) is 4. The highest BCUT2D eigenvalue weighted by atomic mass is 79.9. The lowest BCUT2D eigenvalue weighted by molar-refractivity contribution is 0.0751. The van der Waals surface area contributed by atoms with Gasteiger partial charge in [-0.2, -0.15) is 0 Å². The van der Waals surface area contributed by atoms with Gasteiger partial charge in [0.15, 0.2) is 0 Å². The molecule has 28 heavy (non-hydrogen) atoms. The lowest BCUT2D eigenvalue weighted by atomic mass is 9.91. The van der Waals surface area contributed by atoms with Crippen molar-refractivity contribution >= 4 is 39.1 Å². The fourth-order valence-electron chi connectivity index (χ4n) is 3.91. The molecule has 142 valence electrons. The maximum absolute atomic E-state index is 13.1. The lowest BCUT2D eigenvalue weighted by Gasteiger charge is -2.34. The van der Waals surface area contributed by atoms with E-state index in [9.17, 15) is 4.79 Å². The zero-order valence-electron chi connectivity index (χ0n) is 15.3. The molecule has 0 atom stereocenters. The Morgan fingerprint density at radius 3 is 2.50 bits per heavy atom. The molecule has 0 N–H and O–H groups in total. The summed E-state index contributed by atoms with van der Waals surface area (Å²) in [5.41, 5.74) is 4.00. The molecule has 0 bridgehead atoms. The predicted molar refractivity (Wildman–Crippen MR) is 115 cm³/mol. The normalized spacial score (nSPS) is 15.9. The van der Waals surface area contributed by atoms with E-state index in [-0.39, 0.29) is 5.91 Å². The maximum atomic E-state index is 13.1. The van der Waals surface area contributed by atoms with E-state index in [0.29, 0.717) is 13.1 Å². The van der Waals surface area contributed by atoms with Crippen molar-refractivity contribution in [3.8, 4) is 10.4 Å². The smallest absolute Gasteiger partial charge is 0.264 e. The Morgan fingerprint density at radius 1 is 1.00 bits per heavy atom. The molecule has 1 saturated heterocycles. The van der Waals surface area contributed by atoms with Crippen molar-refractivity contribution in [2.75, 3.05) is 31.1 Å². The fourth-order valence-corrected chi connectivity index (χ4v) is 5.35. The minimum absolute atomic E-state index is 0.147. The number of carbonyl (C=O) groups excluding carboxylic acids is 1. The molecule has 0 spiro atoms. The van der Waals surface area contributed by atoms with Gasteiger partial charge in [0.05, 0.1) is 9.35 Å². The van der Waals surface area contributed by atoms with Crippen LogP contribution in [0.25, 0.3) is 10.4 Å². The Morgan fingerprint density at radius 2 is 1.71 bits per heavy atom. The summed E-state index contributed by atoms with van der Waals surface area (Å²) >= 11 is 5.01. The largest absolute Gasteiger partial charge is 0.337 e. The molecule has 3 heterocycles. The van der Waals surface area contributed by atoms with E-state index < -0.39 is 0 Å². The van der Waals surface area contributed by atoms with E-state index in [1.165, 1.54) is 21.6 Å². The van der Waals surface area contributed by atoms with Crippen molar-refractivity contribution in [3.63, 3.8) is 0 Å². The molecular formula is C21H19BrN4OS. The third-order valence-electron chi connectivity index (χ3n) is 5.40. The number of aromatic nitrogens is 2. The second-order valence-electron chi connectivity index (χ2n) is 7.10. The molecule has 1 aliphatic heterocycles. The van der Waals surface area contributed by atoms with Crippen molar-refractivity contribution in [3.05, 3.63) is 63.2 Å². The number of rotatable bonds is 2. The number of benzene rings is 1. The van der Waals surface area contributed by atoms with Crippen LogP contribution >= 0.6 is 27.3 Å². The van der Waals surface area contributed by atoms with Gasteiger partial charge in [-0.3, -0.25) is 4.79 Å². The highest BCUT2D eigenvalue weighted by molar-refractivity contribution is 9.10. The molecule has 1 aromatic carbocycles. The lowest BCUT2D eigenvalue weighted by Crippen LogP contribution is -2.49. The molecule has 0 unspecified atom stereocenters. The predicted octanol–water partition coefficient (Wildman–Crippen LogP) is 4.03. The SMILES string of the molecule is O=C(c1cc2c(s1)-c1ccccc1CC2)N1CCN(c2ncc(Br)cn2)CC1. The molecule has 5 nitrogen and oxygen atoms in total. The summed E-state index contributed by atoms with van der Waals surface area (Å²) in [6.07, 6.45) is 5.59. The van der Waals surface area contributed by atoms with Gasteiger partial charge in [0.2, 0.25) is 5.95 Å². The van der Waals surface area contributed by atoms with Crippen LogP contribution in [0.5, 0.6) is 0 Å². The first-order valence-corrected chi connectivity index (χ1v) is 11.0. The topological polar surface area (TPSA) is 49.3 Å². The summed E-state index contributed by atoms with van der Waals surface area (Å²) in [6, 6.07) is 10.7. The number of piperazine rings is 1. The van der Waals surface area contributed by atoms with Crippen LogP contribution in [-0.4, -0.2) is 47.0 Å². The van der Waals surface area contributed by atoms with E-state index in [4.69, 9.17) is 0 Å². The summed E-state index contributed by atoms with van der Waals surface area (Å²) in [5.74, 6) is 0.867. The number of halogens is 1. The summed E-state index contributed by atoms with van der Waals surface area (Å²) in [4.78, 5) is 28.0.